The summed E-state index contributed by atoms with van der Waals surface area (Å²) in [6, 6.07) is 7.98. The van der Waals surface area contributed by atoms with Crippen LogP contribution in [0.3, 0.4) is 0 Å². The number of rotatable bonds is 4. The summed E-state index contributed by atoms with van der Waals surface area (Å²) >= 11 is 0. The summed E-state index contributed by atoms with van der Waals surface area (Å²) in [6.07, 6.45) is 6.19. The fourth-order valence-electron chi connectivity index (χ4n) is 2.71. The molecule has 3 rings (SSSR count). The first-order valence-electron chi connectivity index (χ1n) is 8.22. The molecular formula is C19H19F2N3O. The van der Waals surface area contributed by atoms with Crippen molar-refractivity contribution < 1.29 is 13.6 Å². The number of aromatic nitrogens is 1. The Kier molecular flexibility index (Phi) is 5.50. The molecule has 2 N–H and O–H groups in total. The summed E-state index contributed by atoms with van der Waals surface area (Å²) in [6.45, 7) is 2.03. The first kappa shape index (κ1) is 17.2. The molecule has 1 aromatic carbocycles. The van der Waals surface area contributed by atoms with E-state index in [4.69, 9.17) is 0 Å². The highest BCUT2D eigenvalue weighted by Gasteiger charge is 2.14. The van der Waals surface area contributed by atoms with Gasteiger partial charge in [-0.3, -0.25) is 4.79 Å². The third kappa shape index (κ3) is 4.70. The van der Waals surface area contributed by atoms with Gasteiger partial charge in [0.15, 0.2) is 11.5 Å². The predicted octanol–water partition coefficient (Wildman–Crippen LogP) is 3.46. The first-order chi connectivity index (χ1) is 12.1. The summed E-state index contributed by atoms with van der Waals surface area (Å²) in [5.41, 5.74) is 2.65. The van der Waals surface area contributed by atoms with E-state index in [1.165, 1.54) is 12.0 Å². The van der Waals surface area contributed by atoms with Crippen molar-refractivity contribution in [2.24, 2.45) is 0 Å². The lowest BCUT2D eigenvalue weighted by Crippen LogP contribution is -2.23. The van der Waals surface area contributed by atoms with Crippen molar-refractivity contribution in [3.63, 3.8) is 0 Å². The smallest absolute Gasteiger partial charge is 0.277 e. The number of pyridine rings is 1. The molecule has 0 bridgehead atoms. The van der Waals surface area contributed by atoms with Crippen LogP contribution in [0.4, 0.5) is 14.5 Å². The first-order valence-corrected chi connectivity index (χ1v) is 8.22. The number of benzene rings is 1. The third-order valence-electron chi connectivity index (χ3n) is 4.06. The number of carbonyl (C=O) groups excluding carboxylic acids is 1. The molecule has 1 saturated heterocycles. The van der Waals surface area contributed by atoms with Crippen LogP contribution in [0.2, 0.25) is 0 Å². The predicted molar refractivity (Wildman–Crippen MR) is 92.4 cm³/mol. The number of hydrogen-bond donors (Lipinski definition) is 2. The van der Waals surface area contributed by atoms with Gasteiger partial charge >= 0.3 is 0 Å². The monoisotopic (exact) mass is 343 g/mol. The molecule has 0 spiro atoms. The molecule has 2 aromatic rings. The minimum Gasteiger partial charge on any atom is -0.321 e. The molecule has 130 valence electrons. The number of piperidine rings is 1. The van der Waals surface area contributed by atoms with Crippen LogP contribution < -0.4 is 10.6 Å². The maximum absolute atomic E-state index is 13.6. The molecular weight excluding hydrogens is 324 g/mol. The maximum atomic E-state index is 13.6. The zero-order chi connectivity index (χ0) is 17.6. The highest BCUT2D eigenvalue weighted by Crippen LogP contribution is 2.15. The molecule has 1 amide bonds. The lowest BCUT2D eigenvalue weighted by molar-refractivity contribution is 0.101. The number of hydrogen-bond acceptors (Lipinski definition) is 3. The van der Waals surface area contributed by atoms with Crippen LogP contribution in [-0.4, -0.2) is 24.0 Å². The van der Waals surface area contributed by atoms with Crippen molar-refractivity contribution in [1.82, 2.24) is 10.3 Å². The number of anilines is 1. The molecule has 1 aliphatic heterocycles. The Hall–Kier alpha value is -2.60. The number of nitrogens with one attached hydrogen (secondary N) is 2. The van der Waals surface area contributed by atoms with Gasteiger partial charge in [-0.25, -0.2) is 13.8 Å². The lowest BCUT2D eigenvalue weighted by atomic mass is 10.0. The van der Waals surface area contributed by atoms with Crippen LogP contribution in [0.25, 0.3) is 0 Å². The second-order valence-corrected chi connectivity index (χ2v) is 5.98. The molecule has 1 aromatic heterocycles. The Morgan fingerprint density at radius 2 is 2.08 bits per heavy atom. The SMILES string of the molecule is O=C(Nc1ccc(C/C=C2\CCCNC2)cc1)c1ncc(F)cc1F. The zero-order valence-electron chi connectivity index (χ0n) is 13.7. The molecule has 4 nitrogen and oxygen atoms in total. The Morgan fingerprint density at radius 3 is 2.76 bits per heavy atom. The largest absolute Gasteiger partial charge is 0.321 e. The summed E-state index contributed by atoms with van der Waals surface area (Å²) in [5.74, 6) is -2.51. The van der Waals surface area contributed by atoms with Crippen LogP contribution in [0.15, 0.2) is 48.2 Å². The minimum atomic E-state index is -0.984. The highest BCUT2D eigenvalue weighted by atomic mass is 19.1. The van der Waals surface area contributed by atoms with E-state index in [0.29, 0.717) is 11.8 Å². The normalized spacial score (nSPS) is 16.0. The van der Waals surface area contributed by atoms with Crippen LogP contribution in [-0.2, 0) is 6.42 Å². The van der Waals surface area contributed by atoms with Gasteiger partial charge in [-0.05, 0) is 43.5 Å². The molecule has 0 aliphatic carbocycles. The topological polar surface area (TPSA) is 54.0 Å². The molecule has 6 heteroatoms. The van der Waals surface area contributed by atoms with Crippen LogP contribution >= 0.6 is 0 Å². The summed E-state index contributed by atoms with van der Waals surface area (Å²) < 4.78 is 26.4. The molecule has 1 fully saturated rings. The van der Waals surface area contributed by atoms with Gasteiger partial charge in [-0.1, -0.05) is 23.8 Å². The van der Waals surface area contributed by atoms with Crippen LogP contribution in [0, 0.1) is 11.6 Å². The number of halogens is 2. The van der Waals surface area contributed by atoms with Crippen molar-refractivity contribution in [3.8, 4) is 0 Å². The van der Waals surface area contributed by atoms with Gasteiger partial charge in [0.25, 0.3) is 5.91 Å². The third-order valence-corrected chi connectivity index (χ3v) is 4.06. The minimum absolute atomic E-state index is 0.431. The Labute approximate surface area is 145 Å². The number of nitrogens with zero attached hydrogens (tertiary/aromatic N) is 1. The van der Waals surface area contributed by atoms with Crippen molar-refractivity contribution in [1.29, 1.82) is 0 Å². The van der Waals surface area contributed by atoms with Crippen LogP contribution in [0.5, 0.6) is 0 Å². The fraction of sp³-hybridized carbons (Fsp3) is 0.263. The van der Waals surface area contributed by atoms with E-state index in [9.17, 15) is 13.6 Å². The lowest BCUT2D eigenvalue weighted by Gasteiger charge is -2.15. The molecule has 1 aliphatic rings. The van der Waals surface area contributed by atoms with Gasteiger partial charge in [0.05, 0.1) is 6.20 Å². The van der Waals surface area contributed by atoms with Gasteiger partial charge in [-0.2, -0.15) is 0 Å². The van der Waals surface area contributed by atoms with E-state index in [1.807, 2.05) is 12.1 Å². The van der Waals surface area contributed by atoms with Gasteiger partial charge in [0.1, 0.15) is 5.82 Å². The Morgan fingerprint density at radius 1 is 1.28 bits per heavy atom. The average Bonchev–Trinajstić information content (AvgIpc) is 2.62. The van der Waals surface area contributed by atoms with Gasteiger partial charge in [0.2, 0.25) is 0 Å². The van der Waals surface area contributed by atoms with E-state index in [2.05, 4.69) is 21.7 Å². The summed E-state index contributed by atoms with van der Waals surface area (Å²) in [4.78, 5) is 15.5. The van der Waals surface area contributed by atoms with E-state index in [1.54, 1.807) is 12.1 Å². The van der Waals surface area contributed by atoms with E-state index in [-0.39, 0.29) is 0 Å². The van der Waals surface area contributed by atoms with E-state index < -0.39 is 23.2 Å². The second kappa shape index (κ2) is 7.98. The molecule has 0 unspecified atom stereocenters. The van der Waals surface area contributed by atoms with Crippen molar-refractivity contribution in [3.05, 3.63) is 71.1 Å². The Balaban J connectivity index is 1.61. The quantitative estimate of drug-likeness (QED) is 0.836. The molecule has 2 heterocycles. The van der Waals surface area contributed by atoms with E-state index in [0.717, 1.165) is 37.7 Å². The number of amides is 1. The molecule has 0 atom stereocenters. The second-order valence-electron chi connectivity index (χ2n) is 5.98. The van der Waals surface area contributed by atoms with Crippen molar-refractivity contribution >= 4 is 11.6 Å². The maximum Gasteiger partial charge on any atom is 0.277 e. The van der Waals surface area contributed by atoms with Crippen LogP contribution in [0.1, 0.15) is 28.9 Å². The summed E-state index contributed by atoms with van der Waals surface area (Å²) in [7, 11) is 0. The standard InChI is InChI=1S/C19H19F2N3O/c20-15-10-17(21)18(23-12-15)19(25)24-16-7-5-13(6-8-16)3-4-14-2-1-9-22-11-14/h4-8,10,12,22H,1-3,9,11H2,(H,24,25)/b14-4+. The van der Waals surface area contributed by atoms with Gasteiger partial charge in [-0.15, -0.1) is 0 Å². The summed E-state index contributed by atoms with van der Waals surface area (Å²) in [5, 5.41) is 5.91. The number of carbonyl (C=O) groups is 1. The Bertz CT molecular complexity index is 780. The molecule has 0 saturated carbocycles. The van der Waals surface area contributed by atoms with Crippen molar-refractivity contribution in [2.45, 2.75) is 19.3 Å². The molecule has 25 heavy (non-hydrogen) atoms. The van der Waals surface area contributed by atoms with Gasteiger partial charge < -0.3 is 10.6 Å². The average molecular weight is 343 g/mol. The van der Waals surface area contributed by atoms with Crippen molar-refractivity contribution in [2.75, 3.05) is 18.4 Å². The van der Waals surface area contributed by atoms with E-state index >= 15 is 0 Å². The number of allylic oxidation sites excluding steroid dienone is 1. The molecule has 0 radical (unpaired) electrons. The fourth-order valence-corrected chi connectivity index (χ4v) is 2.71. The highest BCUT2D eigenvalue weighted by molar-refractivity contribution is 6.03. The van der Waals surface area contributed by atoms with Gasteiger partial charge in [0, 0.05) is 18.3 Å². The zero-order valence-corrected chi connectivity index (χ0v) is 13.7.